The van der Waals surface area contributed by atoms with Crippen molar-refractivity contribution in [2.75, 3.05) is 6.61 Å². The normalized spacial score (nSPS) is 37.1. The molecule has 3 atom stereocenters. The smallest absolute Gasteiger partial charge is 0.309 e. The second-order valence-corrected chi connectivity index (χ2v) is 4.17. The van der Waals surface area contributed by atoms with Crippen molar-refractivity contribution in [1.82, 2.24) is 0 Å². The summed E-state index contributed by atoms with van der Waals surface area (Å²) >= 11 is 0. The number of carbonyl (C=O) groups is 2. The Kier molecular flexibility index (Phi) is 2.44. The van der Waals surface area contributed by atoms with Crippen LogP contribution in [0.5, 0.6) is 0 Å². The highest BCUT2D eigenvalue weighted by Gasteiger charge is 2.36. The first-order valence-electron chi connectivity index (χ1n) is 5.01. The summed E-state index contributed by atoms with van der Waals surface area (Å²) in [6.07, 6.45) is 2.00. The topological polar surface area (TPSA) is 52.6 Å². The van der Waals surface area contributed by atoms with Crippen molar-refractivity contribution in [3.05, 3.63) is 0 Å². The Morgan fingerprint density at radius 3 is 2.71 bits per heavy atom. The first kappa shape index (κ1) is 9.49. The van der Waals surface area contributed by atoms with Crippen LogP contribution in [0.25, 0.3) is 0 Å². The van der Waals surface area contributed by atoms with Crippen LogP contribution >= 0.6 is 0 Å². The molecule has 4 nitrogen and oxygen atoms in total. The van der Waals surface area contributed by atoms with Crippen molar-refractivity contribution in [2.45, 2.75) is 32.3 Å². The summed E-state index contributed by atoms with van der Waals surface area (Å²) < 4.78 is 9.89. The minimum absolute atomic E-state index is 0.0236. The molecule has 2 saturated heterocycles. The monoisotopic (exact) mass is 198 g/mol. The standard InChI is InChI=1S/C10H14O4/c1-6-2-8(10(12)14-6)3-7-4-9(11)13-5-7/h6-8H,2-5H2,1H3. The first-order valence-corrected chi connectivity index (χ1v) is 5.01. The molecule has 2 rings (SSSR count). The predicted molar refractivity (Wildman–Crippen MR) is 47.3 cm³/mol. The van der Waals surface area contributed by atoms with E-state index in [1.165, 1.54) is 0 Å². The summed E-state index contributed by atoms with van der Waals surface area (Å²) in [5.74, 6) is -0.0684. The van der Waals surface area contributed by atoms with E-state index < -0.39 is 0 Å². The quantitative estimate of drug-likeness (QED) is 0.618. The Balaban J connectivity index is 1.86. The van der Waals surface area contributed by atoms with Gasteiger partial charge in [-0.15, -0.1) is 0 Å². The van der Waals surface area contributed by atoms with Gasteiger partial charge in [-0.1, -0.05) is 0 Å². The minimum Gasteiger partial charge on any atom is -0.465 e. The second-order valence-electron chi connectivity index (χ2n) is 4.17. The number of esters is 2. The van der Waals surface area contributed by atoms with E-state index >= 15 is 0 Å². The van der Waals surface area contributed by atoms with Crippen LogP contribution in [0.1, 0.15) is 26.2 Å². The van der Waals surface area contributed by atoms with Crippen LogP contribution in [0.3, 0.4) is 0 Å². The Bertz CT molecular complexity index is 261. The highest BCUT2D eigenvalue weighted by atomic mass is 16.6. The molecule has 0 N–H and O–H groups in total. The summed E-state index contributed by atoms with van der Waals surface area (Å²) in [7, 11) is 0. The molecule has 0 amide bonds. The summed E-state index contributed by atoms with van der Waals surface area (Å²) in [5.41, 5.74) is 0. The van der Waals surface area contributed by atoms with E-state index in [4.69, 9.17) is 9.47 Å². The Morgan fingerprint density at radius 2 is 2.21 bits per heavy atom. The molecular formula is C10H14O4. The minimum atomic E-state index is -0.144. The molecule has 78 valence electrons. The molecule has 0 aromatic heterocycles. The van der Waals surface area contributed by atoms with E-state index in [9.17, 15) is 9.59 Å². The van der Waals surface area contributed by atoms with Crippen LogP contribution in [0.15, 0.2) is 0 Å². The maximum atomic E-state index is 11.3. The zero-order valence-corrected chi connectivity index (χ0v) is 8.19. The SMILES string of the molecule is CC1CC(CC2COC(=O)C2)C(=O)O1. The summed E-state index contributed by atoms with van der Waals surface area (Å²) in [4.78, 5) is 22.1. The number of rotatable bonds is 2. The van der Waals surface area contributed by atoms with Gasteiger partial charge in [0.1, 0.15) is 0 Å². The van der Waals surface area contributed by atoms with Gasteiger partial charge in [0.15, 0.2) is 0 Å². The van der Waals surface area contributed by atoms with Crippen molar-refractivity contribution in [2.24, 2.45) is 11.8 Å². The van der Waals surface area contributed by atoms with Crippen LogP contribution in [-0.2, 0) is 19.1 Å². The van der Waals surface area contributed by atoms with Crippen LogP contribution < -0.4 is 0 Å². The molecule has 0 saturated carbocycles. The highest BCUT2D eigenvalue weighted by Crippen LogP contribution is 2.30. The van der Waals surface area contributed by atoms with Gasteiger partial charge >= 0.3 is 11.9 Å². The van der Waals surface area contributed by atoms with Crippen molar-refractivity contribution >= 4 is 11.9 Å². The maximum absolute atomic E-state index is 11.3. The molecule has 2 aliphatic heterocycles. The number of ether oxygens (including phenoxy) is 2. The summed E-state index contributed by atoms with van der Waals surface area (Å²) in [6.45, 7) is 2.37. The van der Waals surface area contributed by atoms with E-state index in [1.807, 2.05) is 6.92 Å². The van der Waals surface area contributed by atoms with Crippen LogP contribution in [0.2, 0.25) is 0 Å². The van der Waals surface area contributed by atoms with Gasteiger partial charge in [0.2, 0.25) is 0 Å². The fourth-order valence-electron chi connectivity index (χ4n) is 2.15. The Labute approximate surface area is 82.6 Å². The average molecular weight is 198 g/mol. The molecule has 0 spiro atoms. The molecule has 2 aliphatic rings. The molecule has 0 aromatic rings. The predicted octanol–water partition coefficient (Wildman–Crippen LogP) is 0.891. The van der Waals surface area contributed by atoms with Crippen LogP contribution in [-0.4, -0.2) is 24.6 Å². The summed E-state index contributed by atoms with van der Waals surface area (Å²) in [6, 6.07) is 0. The van der Waals surface area contributed by atoms with Crippen molar-refractivity contribution < 1.29 is 19.1 Å². The van der Waals surface area contributed by atoms with Crippen molar-refractivity contribution in [1.29, 1.82) is 0 Å². The maximum Gasteiger partial charge on any atom is 0.309 e. The molecule has 2 heterocycles. The third-order valence-electron chi connectivity index (χ3n) is 2.82. The number of hydrogen-bond acceptors (Lipinski definition) is 4. The molecule has 0 aromatic carbocycles. The molecule has 3 unspecified atom stereocenters. The van der Waals surface area contributed by atoms with E-state index in [0.29, 0.717) is 13.0 Å². The average Bonchev–Trinajstić information content (AvgIpc) is 2.61. The van der Waals surface area contributed by atoms with E-state index in [1.54, 1.807) is 0 Å². The molecule has 4 heteroatoms. The molecule has 2 fully saturated rings. The van der Waals surface area contributed by atoms with Gasteiger partial charge in [-0.3, -0.25) is 9.59 Å². The van der Waals surface area contributed by atoms with Crippen molar-refractivity contribution in [3.63, 3.8) is 0 Å². The summed E-state index contributed by atoms with van der Waals surface area (Å²) in [5, 5.41) is 0. The molecule has 0 radical (unpaired) electrons. The van der Waals surface area contributed by atoms with Gasteiger partial charge in [-0.25, -0.2) is 0 Å². The van der Waals surface area contributed by atoms with Gasteiger partial charge in [0.25, 0.3) is 0 Å². The largest absolute Gasteiger partial charge is 0.465 e. The third-order valence-corrected chi connectivity index (χ3v) is 2.82. The number of cyclic esters (lactones) is 2. The molecule has 0 bridgehead atoms. The lowest BCUT2D eigenvalue weighted by Crippen LogP contribution is -2.13. The lowest BCUT2D eigenvalue weighted by atomic mass is 9.92. The third kappa shape index (κ3) is 1.89. The second kappa shape index (κ2) is 3.59. The molecule has 14 heavy (non-hydrogen) atoms. The van der Waals surface area contributed by atoms with E-state index in [2.05, 4.69) is 0 Å². The van der Waals surface area contributed by atoms with Crippen LogP contribution in [0.4, 0.5) is 0 Å². The Morgan fingerprint density at radius 1 is 1.43 bits per heavy atom. The zero-order valence-electron chi connectivity index (χ0n) is 8.19. The van der Waals surface area contributed by atoms with Gasteiger partial charge in [0, 0.05) is 5.92 Å². The molecular weight excluding hydrogens is 184 g/mol. The zero-order chi connectivity index (χ0) is 10.1. The van der Waals surface area contributed by atoms with E-state index in [-0.39, 0.29) is 29.9 Å². The van der Waals surface area contributed by atoms with Gasteiger partial charge in [-0.05, 0) is 19.8 Å². The first-order chi connectivity index (χ1) is 6.65. The number of hydrogen-bond donors (Lipinski definition) is 0. The van der Waals surface area contributed by atoms with Gasteiger partial charge in [0.05, 0.1) is 25.0 Å². The number of carbonyl (C=O) groups excluding carboxylic acids is 2. The highest BCUT2D eigenvalue weighted by molar-refractivity contribution is 5.75. The lowest BCUT2D eigenvalue weighted by Gasteiger charge is -2.08. The van der Waals surface area contributed by atoms with Crippen molar-refractivity contribution in [3.8, 4) is 0 Å². The lowest BCUT2D eigenvalue weighted by molar-refractivity contribution is -0.144. The fraction of sp³-hybridized carbons (Fsp3) is 0.800. The van der Waals surface area contributed by atoms with Crippen LogP contribution in [0, 0.1) is 11.8 Å². The Hall–Kier alpha value is -1.06. The fourth-order valence-corrected chi connectivity index (χ4v) is 2.15. The van der Waals surface area contributed by atoms with Gasteiger partial charge in [-0.2, -0.15) is 0 Å². The van der Waals surface area contributed by atoms with E-state index in [0.717, 1.165) is 12.8 Å². The molecule has 0 aliphatic carbocycles. The van der Waals surface area contributed by atoms with Gasteiger partial charge < -0.3 is 9.47 Å².